The number of rotatable bonds is 8. The minimum atomic E-state index is -0.209. The van der Waals surface area contributed by atoms with E-state index in [0.717, 1.165) is 11.3 Å². The van der Waals surface area contributed by atoms with Gasteiger partial charge in [0, 0.05) is 34.7 Å². The summed E-state index contributed by atoms with van der Waals surface area (Å²) < 4.78 is 12.4. The fourth-order valence-electron chi connectivity index (χ4n) is 3.09. The van der Waals surface area contributed by atoms with Gasteiger partial charge in [0.2, 0.25) is 5.91 Å². The molecule has 4 rings (SSSR count). The normalized spacial score (nSPS) is 10.6. The number of nitrogens with one attached hydrogen (secondary N) is 1. The Labute approximate surface area is 199 Å². The molecule has 8 nitrogen and oxygen atoms in total. The highest BCUT2D eigenvalue weighted by Gasteiger charge is 2.18. The van der Waals surface area contributed by atoms with Crippen LogP contribution in [0.4, 0.5) is 5.69 Å². The zero-order valence-electron chi connectivity index (χ0n) is 17.9. The number of thioether (sulfide) groups is 1. The number of nitrogens with zero attached hydrogens (tertiary/aromatic N) is 4. The third-order valence-corrected chi connectivity index (χ3v) is 5.85. The second-order valence-corrected chi connectivity index (χ2v) is 8.14. The van der Waals surface area contributed by atoms with Gasteiger partial charge in [-0.2, -0.15) is 0 Å². The van der Waals surface area contributed by atoms with Crippen LogP contribution in [-0.2, 0) is 4.79 Å². The smallest absolute Gasteiger partial charge is 0.234 e. The van der Waals surface area contributed by atoms with Crippen LogP contribution in [0.1, 0.15) is 0 Å². The summed E-state index contributed by atoms with van der Waals surface area (Å²) in [5.74, 6) is 1.70. The molecular formula is C23H20ClN5O3S. The predicted molar refractivity (Wildman–Crippen MR) is 128 cm³/mol. The molecule has 0 spiro atoms. The van der Waals surface area contributed by atoms with Crippen LogP contribution in [0.2, 0.25) is 5.02 Å². The molecule has 33 heavy (non-hydrogen) atoms. The summed E-state index contributed by atoms with van der Waals surface area (Å²) in [6, 6.07) is 16.3. The number of carbonyl (C=O) groups excluding carboxylic acids is 1. The molecule has 0 unspecified atom stereocenters. The third kappa shape index (κ3) is 5.27. The molecule has 0 saturated heterocycles. The molecule has 0 aliphatic carbocycles. The van der Waals surface area contributed by atoms with E-state index in [0.29, 0.717) is 33.2 Å². The van der Waals surface area contributed by atoms with Crippen LogP contribution < -0.4 is 14.8 Å². The lowest BCUT2D eigenvalue weighted by Crippen LogP contribution is -2.15. The number of amides is 1. The van der Waals surface area contributed by atoms with E-state index in [4.69, 9.17) is 21.1 Å². The summed E-state index contributed by atoms with van der Waals surface area (Å²) in [6.07, 6.45) is 3.39. The van der Waals surface area contributed by atoms with Gasteiger partial charge in [-0.15, -0.1) is 10.2 Å². The first kappa shape index (κ1) is 22.6. The average molecular weight is 482 g/mol. The van der Waals surface area contributed by atoms with E-state index in [1.807, 2.05) is 28.8 Å². The zero-order valence-corrected chi connectivity index (χ0v) is 19.4. The molecule has 0 atom stereocenters. The van der Waals surface area contributed by atoms with Crippen LogP contribution in [0.3, 0.4) is 0 Å². The number of hydrogen-bond donors (Lipinski definition) is 1. The van der Waals surface area contributed by atoms with Gasteiger partial charge in [-0.1, -0.05) is 23.4 Å². The number of ether oxygens (including phenoxy) is 2. The maximum absolute atomic E-state index is 12.7. The molecule has 0 bridgehead atoms. The Hall–Kier alpha value is -3.56. The Morgan fingerprint density at radius 1 is 1.03 bits per heavy atom. The molecule has 0 saturated carbocycles. The van der Waals surface area contributed by atoms with Crippen LogP contribution in [0, 0.1) is 0 Å². The molecule has 4 aromatic rings. The Kier molecular flexibility index (Phi) is 7.11. The van der Waals surface area contributed by atoms with E-state index in [2.05, 4.69) is 20.5 Å². The fraction of sp³-hybridized carbons (Fsp3) is 0.130. The maximum atomic E-state index is 12.7. The first-order valence-electron chi connectivity index (χ1n) is 9.85. The molecule has 0 aliphatic heterocycles. The number of benzene rings is 2. The van der Waals surface area contributed by atoms with Crippen molar-refractivity contribution in [1.29, 1.82) is 0 Å². The van der Waals surface area contributed by atoms with Crippen LogP contribution in [-0.4, -0.2) is 45.6 Å². The number of methoxy groups -OCH3 is 2. The number of hydrogen-bond acceptors (Lipinski definition) is 7. The average Bonchev–Trinajstić information content (AvgIpc) is 3.28. The highest BCUT2D eigenvalue weighted by Crippen LogP contribution is 2.31. The van der Waals surface area contributed by atoms with Gasteiger partial charge in [-0.05, 0) is 48.5 Å². The predicted octanol–water partition coefficient (Wildman–Crippen LogP) is 4.73. The number of pyridine rings is 1. The first-order valence-corrected chi connectivity index (χ1v) is 11.2. The van der Waals surface area contributed by atoms with Gasteiger partial charge >= 0.3 is 0 Å². The second kappa shape index (κ2) is 10.4. The monoisotopic (exact) mass is 481 g/mol. The lowest BCUT2D eigenvalue weighted by atomic mass is 10.2. The summed E-state index contributed by atoms with van der Waals surface area (Å²) in [6.45, 7) is 0. The van der Waals surface area contributed by atoms with Crippen molar-refractivity contribution in [3.05, 3.63) is 72.0 Å². The standard InChI is InChI=1S/C23H20ClN5O3S/c1-31-18-7-8-19(20(13-18)32-2)26-21(30)14-33-23-28-27-22(15-9-11-25-12-10-15)29(23)17-5-3-16(24)4-6-17/h3-13H,14H2,1-2H3,(H,26,30). The SMILES string of the molecule is COc1ccc(NC(=O)CSc2nnc(-c3ccncc3)n2-c2ccc(Cl)cc2)c(OC)c1. The van der Waals surface area contributed by atoms with Crippen molar-refractivity contribution in [2.24, 2.45) is 0 Å². The van der Waals surface area contributed by atoms with Crippen molar-refractivity contribution in [2.75, 3.05) is 25.3 Å². The van der Waals surface area contributed by atoms with Gasteiger partial charge in [0.15, 0.2) is 11.0 Å². The first-order chi connectivity index (χ1) is 16.1. The van der Waals surface area contributed by atoms with Crippen molar-refractivity contribution in [2.45, 2.75) is 5.16 Å². The van der Waals surface area contributed by atoms with Crippen molar-refractivity contribution < 1.29 is 14.3 Å². The van der Waals surface area contributed by atoms with Crippen LogP contribution in [0.5, 0.6) is 11.5 Å². The molecule has 1 amide bonds. The minimum absolute atomic E-state index is 0.122. The molecule has 0 radical (unpaired) electrons. The van der Waals surface area contributed by atoms with E-state index >= 15 is 0 Å². The van der Waals surface area contributed by atoms with Crippen molar-refractivity contribution in [1.82, 2.24) is 19.7 Å². The summed E-state index contributed by atoms with van der Waals surface area (Å²) in [5.41, 5.74) is 2.24. The van der Waals surface area contributed by atoms with E-state index in [1.54, 1.807) is 49.8 Å². The quantitative estimate of drug-likeness (QED) is 0.364. The van der Waals surface area contributed by atoms with Crippen LogP contribution in [0.25, 0.3) is 17.1 Å². The largest absolute Gasteiger partial charge is 0.497 e. The van der Waals surface area contributed by atoms with Crippen molar-refractivity contribution >= 4 is 35.0 Å². The van der Waals surface area contributed by atoms with E-state index in [1.165, 1.54) is 18.9 Å². The molecule has 2 aromatic heterocycles. The van der Waals surface area contributed by atoms with Gasteiger partial charge in [0.1, 0.15) is 11.5 Å². The van der Waals surface area contributed by atoms with E-state index < -0.39 is 0 Å². The minimum Gasteiger partial charge on any atom is -0.497 e. The maximum Gasteiger partial charge on any atom is 0.234 e. The van der Waals surface area contributed by atoms with E-state index in [-0.39, 0.29) is 11.7 Å². The number of carbonyl (C=O) groups is 1. The summed E-state index contributed by atoms with van der Waals surface area (Å²) in [5, 5.41) is 12.7. The third-order valence-electron chi connectivity index (χ3n) is 4.67. The lowest BCUT2D eigenvalue weighted by molar-refractivity contribution is -0.113. The number of aromatic nitrogens is 4. The highest BCUT2D eigenvalue weighted by molar-refractivity contribution is 7.99. The van der Waals surface area contributed by atoms with Crippen molar-refractivity contribution in [3.8, 4) is 28.6 Å². The number of anilines is 1. The topological polar surface area (TPSA) is 91.2 Å². The molecule has 2 heterocycles. The lowest BCUT2D eigenvalue weighted by Gasteiger charge is -2.12. The summed E-state index contributed by atoms with van der Waals surface area (Å²) >= 11 is 7.34. The second-order valence-electron chi connectivity index (χ2n) is 6.76. The molecule has 1 N–H and O–H groups in total. The van der Waals surface area contributed by atoms with Crippen LogP contribution in [0.15, 0.2) is 72.1 Å². The molecule has 10 heteroatoms. The highest BCUT2D eigenvalue weighted by atomic mass is 35.5. The zero-order chi connectivity index (χ0) is 23.2. The molecular weight excluding hydrogens is 462 g/mol. The Morgan fingerprint density at radius 2 is 1.79 bits per heavy atom. The van der Waals surface area contributed by atoms with E-state index in [9.17, 15) is 4.79 Å². The van der Waals surface area contributed by atoms with Crippen molar-refractivity contribution in [3.63, 3.8) is 0 Å². The van der Waals surface area contributed by atoms with Gasteiger partial charge < -0.3 is 14.8 Å². The molecule has 2 aromatic carbocycles. The summed E-state index contributed by atoms with van der Waals surface area (Å²) in [7, 11) is 3.11. The molecule has 0 aliphatic rings. The van der Waals surface area contributed by atoms with Crippen LogP contribution >= 0.6 is 23.4 Å². The number of halogens is 1. The molecule has 168 valence electrons. The fourth-order valence-corrected chi connectivity index (χ4v) is 3.97. The van der Waals surface area contributed by atoms with Gasteiger partial charge in [0.05, 0.1) is 25.7 Å². The Morgan fingerprint density at radius 3 is 2.48 bits per heavy atom. The van der Waals surface area contributed by atoms with Gasteiger partial charge in [-0.25, -0.2) is 0 Å². The summed E-state index contributed by atoms with van der Waals surface area (Å²) in [4.78, 5) is 16.7. The molecule has 0 fully saturated rings. The van der Waals surface area contributed by atoms with Gasteiger partial charge in [0.25, 0.3) is 0 Å². The Bertz CT molecular complexity index is 1250. The Balaban J connectivity index is 1.56. The van der Waals surface area contributed by atoms with Gasteiger partial charge in [-0.3, -0.25) is 14.3 Å².